The Labute approximate surface area is 271 Å². The topological polar surface area (TPSA) is 25.8 Å². The lowest BCUT2D eigenvalue weighted by Crippen LogP contribution is -1.87. The second kappa shape index (κ2) is 15.3. The predicted molar refractivity (Wildman–Crippen MR) is 195 cm³/mol. The molecule has 4 aromatic carbocycles. The third-order valence-corrected chi connectivity index (χ3v) is 11.0. The van der Waals surface area contributed by atoms with Crippen molar-refractivity contribution in [3.05, 3.63) is 83.9 Å². The van der Waals surface area contributed by atoms with Gasteiger partial charge >= 0.3 is 0 Å². The summed E-state index contributed by atoms with van der Waals surface area (Å²) < 4.78 is 2.47. The van der Waals surface area contributed by atoms with Crippen LogP contribution in [0.2, 0.25) is 0 Å². The summed E-state index contributed by atoms with van der Waals surface area (Å²) in [5.41, 5.74) is 7.47. The molecule has 0 saturated heterocycles. The van der Waals surface area contributed by atoms with E-state index in [0.29, 0.717) is 0 Å². The number of rotatable bonds is 16. The van der Waals surface area contributed by atoms with Gasteiger partial charge in [0, 0.05) is 11.1 Å². The quantitative estimate of drug-likeness (QED) is 0.101. The zero-order chi connectivity index (χ0) is 30.1. The van der Waals surface area contributed by atoms with Crippen molar-refractivity contribution in [2.45, 2.75) is 104 Å². The van der Waals surface area contributed by atoms with E-state index in [4.69, 9.17) is 9.97 Å². The van der Waals surface area contributed by atoms with Crippen LogP contribution in [0.25, 0.3) is 52.3 Å². The number of unbranched alkanes of at least 4 members (excludes halogenated alkanes) is 10. The molecule has 0 spiro atoms. The van der Waals surface area contributed by atoms with Crippen LogP contribution in [0.15, 0.2) is 72.8 Å². The first-order chi connectivity index (χ1) is 21.7. The lowest BCUT2D eigenvalue weighted by molar-refractivity contribution is 0.607. The second-order valence-electron chi connectivity index (χ2n) is 12.5. The van der Waals surface area contributed by atoms with Gasteiger partial charge in [0.2, 0.25) is 0 Å². The number of hydrogen-bond donors (Lipinski definition) is 0. The van der Waals surface area contributed by atoms with E-state index in [2.05, 4.69) is 86.6 Å². The average Bonchev–Trinajstić information content (AvgIpc) is 3.66. The van der Waals surface area contributed by atoms with Crippen LogP contribution in [0.1, 0.15) is 102 Å². The van der Waals surface area contributed by atoms with Gasteiger partial charge in [-0.05, 0) is 71.8 Å². The summed E-state index contributed by atoms with van der Waals surface area (Å²) in [7, 11) is 0. The van der Waals surface area contributed by atoms with Gasteiger partial charge in [0.1, 0.15) is 10.0 Å². The molecular formula is C40H46N2S2. The molecule has 2 aromatic heterocycles. The highest BCUT2D eigenvalue weighted by Gasteiger charge is 2.12. The van der Waals surface area contributed by atoms with E-state index < -0.39 is 0 Å². The van der Waals surface area contributed by atoms with Gasteiger partial charge in [0.15, 0.2) is 0 Å². The van der Waals surface area contributed by atoms with Crippen molar-refractivity contribution < 1.29 is 0 Å². The van der Waals surface area contributed by atoms with Crippen molar-refractivity contribution in [1.82, 2.24) is 9.97 Å². The lowest BCUT2D eigenvalue weighted by Gasteiger charge is -2.03. The SMILES string of the molecule is CCCCCCCCc1ccc(-c2nc3cc4cc5sc(-c6ccc(CCCCCCCC)cc6)nc5cc4cc3s2)cc1. The van der Waals surface area contributed by atoms with E-state index in [1.165, 1.54) is 132 Å². The molecule has 6 aromatic rings. The number of hydrogen-bond acceptors (Lipinski definition) is 4. The molecule has 0 bridgehead atoms. The molecule has 2 heterocycles. The maximum absolute atomic E-state index is 5.05. The van der Waals surface area contributed by atoms with Crippen molar-refractivity contribution in [1.29, 1.82) is 0 Å². The normalized spacial score (nSPS) is 11.8. The Hall–Kier alpha value is -3.08. The Kier molecular flexibility index (Phi) is 10.7. The van der Waals surface area contributed by atoms with Crippen LogP contribution in [-0.2, 0) is 12.8 Å². The Balaban J connectivity index is 1.12. The van der Waals surface area contributed by atoms with Crippen molar-refractivity contribution in [2.24, 2.45) is 0 Å². The average molecular weight is 619 g/mol. The van der Waals surface area contributed by atoms with E-state index in [9.17, 15) is 0 Å². The monoisotopic (exact) mass is 618 g/mol. The van der Waals surface area contributed by atoms with Crippen molar-refractivity contribution in [3.8, 4) is 21.1 Å². The molecule has 228 valence electrons. The zero-order valence-corrected chi connectivity index (χ0v) is 28.2. The highest BCUT2D eigenvalue weighted by Crippen LogP contribution is 2.37. The first-order valence-electron chi connectivity index (χ1n) is 17.0. The summed E-state index contributed by atoms with van der Waals surface area (Å²) in [5, 5.41) is 4.67. The number of nitrogens with zero attached hydrogens (tertiary/aromatic N) is 2. The van der Waals surface area contributed by atoms with E-state index in [0.717, 1.165) is 21.0 Å². The van der Waals surface area contributed by atoms with E-state index in [-0.39, 0.29) is 0 Å². The van der Waals surface area contributed by atoms with E-state index in [1.54, 1.807) is 22.7 Å². The molecule has 0 saturated carbocycles. The second-order valence-corrected chi connectivity index (χ2v) is 14.5. The first kappa shape index (κ1) is 30.9. The number of benzene rings is 4. The molecule has 0 N–H and O–H groups in total. The molecule has 44 heavy (non-hydrogen) atoms. The smallest absolute Gasteiger partial charge is 0.124 e. The number of fused-ring (bicyclic) bond motifs is 3. The van der Waals surface area contributed by atoms with Crippen LogP contribution >= 0.6 is 22.7 Å². The predicted octanol–water partition coefficient (Wildman–Crippen LogP) is 13.2. The van der Waals surface area contributed by atoms with Gasteiger partial charge in [-0.1, -0.05) is 127 Å². The largest absolute Gasteiger partial charge is 0.236 e. The highest BCUT2D eigenvalue weighted by atomic mass is 32.1. The van der Waals surface area contributed by atoms with E-state index in [1.807, 2.05) is 0 Å². The summed E-state index contributed by atoms with van der Waals surface area (Å²) in [6.45, 7) is 4.56. The minimum absolute atomic E-state index is 1.08. The fraction of sp³-hybridized carbons (Fsp3) is 0.400. The van der Waals surface area contributed by atoms with Gasteiger partial charge < -0.3 is 0 Å². The maximum Gasteiger partial charge on any atom is 0.124 e. The molecule has 6 rings (SSSR count). The van der Waals surface area contributed by atoms with Gasteiger partial charge in [-0.25, -0.2) is 9.97 Å². The zero-order valence-electron chi connectivity index (χ0n) is 26.5. The molecule has 0 aliphatic heterocycles. The third kappa shape index (κ3) is 7.76. The Morgan fingerprint density at radius 3 is 1.25 bits per heavy atom. The van der Waals surface area contributed by atoms with Crippen molar-refractivity contribution in [2.75, 3.05) is 0 Å². The van der Waals surface area contributed by atoms with Gasteiger partial charge in [0.05, 0.1) is 20.4 Å². The molecule has 0 aliphatic rings. The molecule has 2 nitrogen and oxygen atoms in total. The van der Waals surface area contributed by atoms with Gasteiger partial charge in [-0.3, -0.25) is 0 Å². The molecule has 0 radical (unpaired) electrons. The molecular weight excluding hydrogens is 573 g/mol. The summed E-state index contributed by atoms with van der Waals surface area (Å²) in [5.74, 6) is 0. The standard InChI is InChI=1S/C40H46N2S2/c1-3-5-7-9-11-13-15-29-17-21-31(22-18-29)39-41-35-25-33-28-38-36(26-34(33)27-37(35)43-39)42-40(44-38)32-23-19-30(20-24-32)16-14-12-10-8-6-4-2/h17-28H,3-16H2,1-2H3. The van der Waals surface area contributed by atoms with Crippen LogP contribution in [0.4, 0.5) is 0 Å². The molecule has 0 fully saturated rings. The highest BCUT2D eigenvalue weighted by molar-refractivity contribution is 7.22. The summed E-state index contributed by atoms with van der Waals surface area (Å²) in [6, 6.07) is 27.3. The molecule has 4 heteroatoms. The summed E-state index contributed by atoms with van der Waals surface area (Å²) in [6.07, 6.45) is 18.5. The van der Waals surface area contributed by atoms with Crippen LogP contribution in [0, 0.1) is 0 Å². The van der Waals surface area contributed by atoms with Crippen LogP contribution in [0.3, 0.4) is 0 Å². The summed E-state index contributed by atoms with van der Waals surface area (Å²) >= 11 is 3.58. The number of aromatic nitrogens is 2. The minimum atomic E-state index is 1.08. The van der Waals surface area contributed by atoms with E-state index >= 15 is 0 Å². The Morgan fingerprint density at radius 2 is 0.841 bits per heavy atom. The third-order valence-electron chi connectivity index (χ3n) is 8.89. The van der Waals surface area contributed by atoms with Crippen LogP contribution < -0.4 is 0 Å². The molecule has 0 unspecified atom stereocenters. The van der Waals surface area contributed by atoms with Crippen molar-refractivity contribution >= 4 is 53.9 Å². The minimum Gasteiger partial charge on any atom is -0.236 e. The van der Waals surface area contributed by atoms with Crippen LogP contribution in [0.5, 0.6) is 0 Å². The van der Waals surface area contributed by atoms with Crippen molar-refractivity contribution in [3.63, 3.8) is 0 Å². The molecule has 0 aliphatic carbocycles. The molecule has 0 amide bonds. The summed E-state index contributed by atoms with van der Waals surface area (Å²) in [4.78, 5) is 10.1. The van der Waals surface area contributed by atoms with Gasteiger partial charge in [-0.15, -0.1) is 22.7 Å². The van der Waals surface area contributed by atoms with Crippen LogP contribution in [-0.4, -0.2) is 9.97 Å². The lowest BCUT2D eigenvalue weighted by atomic mass is 10.0. The van der Waals surface area contributed by atoms with Gasteiger partial charge in [-0.2, -0.15) is 0 Å². The maximum atomic E-state index is 5.05. The first-order valence-corrected chi connectivity index (χ1v) is 18.7. The number of aryl methyl sites for hydroxylation is 2. The fourth-order valence-electron chi connectivity index (χ4n) is 6.19. The fourth-order valence-corrected chi connectivity index (χ4v) is 8.19. The Morgan fingerprint density at radius 1 is 0.455 bits per heavy atom. The number of thiazole rings is 2. The molecule has 0 atom stereocenters. The Bertz CT molecular complexity index is 1580. The van der Waals surface area contributed by atoms with Gasteiger partial charge in [0.25, 0.3) is 0 Å².